The van der Waals surface area contributed by atoms with Gasteiger partial charge in [0.2, 0.25) is 5.91 Å². The lowest BCUT2D eigenvalue weighted by Crippen LogP contribution is -2.40. The zero-order valence-corrected chi connectivity index (χ0v) is 12.3. The third-order valence-corrected chi connectivity index (χ3v) is 3.85. The Hall–Kier alpha value is -1.10. The van der Waals surface area contributed by atoms with Crippen molar-refractivity contribution < 1.29 is 9.90 Å². The van der Waals surface area contributed by atoms with E-state index in [-0.39, 0.29) is 12.5 Å². The number of amides is 1. The van der Waals surface area contributed by atoms with Crippen molar-refractivity contribution in [1.29, 1.82) is 0 Å². The number of anilines is 1. The maximum Gasteiger partial charge on any atom is 0.238 e. The van der Waals surface area contributed by atoms with Gasteiger partial charge in [-0.15, -0.1) is 0 Å². The smallest absolute Gasteiger partial charge is 0.238 e. The predicted octanol–water partition coefficient (Wildman–Crippen LogP) is 2.37. The molecule has 4 nitrogen and oxygen atoms in total. The molecule has 2 N–H and O–H groups in total. The summed E-state index contributed by atoms with van der Waals surface area (Å²) < 4.78 is 0. The molecule has 1 fully saturated rings. The van der Waals surface area contributed by atoms with E-state index in [1.165, 1.54) is 0 Å². The van der Waals surface area contributed by atoms with Crippen LogP contribution in [0.15, 0.2) is 24.3 Å². The molecule has 0 bridgehead atoms. The topological polar surface area (TPSA) is 52.6 Å². The Kier molecular flexibility index (Phi) is 5.83. The SMILES string of the molecule is O=C(CN1CCCC(CCO)C1)Nc1cccc(Cl)c1. The second-order valence-corrected chi connectivity index (χ2v) is 5.75. The summed E-state index contributed by atoms with van der Waals surface area (Å²) in [5.41, 5.74) is 0.728. The molecule has 0 spiro atoms. The second-order valence-electron chi connectivity index (χ2n) is 5.31. The van der Waals surface area contributed by atoms with E-state index in [1.54, 1.807) is 12.1 Å². The molecule has 1 aromatic carbocycles. The van der Waals surface area contributed by atoms with Crippen molar-refractivity contribution in [3.05, 3.63) is 29.3 Å². The van der Waals surface area contributed by atoms with E-state index in [0.717, 1.165) is 38.0 Å². The Morgan fingerprint density at radius 1 is 1.50 bits per heavy atom. The Labute approximate surface area is 124 Å². The lowest BCUT2D eigenvalue weighted by Gasteiger charge is -2.31. The van der Waals surface area contributed by atoms with Crippen LogP contribution in [0.3, 0.4) is 0 Å². The normalized spacial score (nSPS) is 19.8. The van der Waals surface area contributed by atoms with Crippen LogP contribution < -0.4 is 5.32 Å². The van der Waals surface area contributed by atoms with Gasteiger partial charge in [-0.05, 0) is 49.9 Å². The van der Waals surface area contributed by atoms with Gasteiger partial charge in [-0.25, -0.2) is 0 Å². The van der Waals surface area contributed by atoms with Gasteiger partial charge < -0.3 is 10.4 Å². The molecule has 1 atom stereocenters. The Bertz CT molecular complexity index is 451. The van der Waals surface area contributed by atoms with Crippen LogP contribution in [-0.4, -0.2) is 42.2 Å². The summed E-state index contributed by atoms with van der Waals surface area (Å²) in [6.45, 7) is 2.47. The molecule has 1 amide bonds. The van der Waals surface area contributed by atoms with Crippen molar-refractivity contribution >= 4 is 23.2 Å². The summed E-state index contributed by atoms with van der Waals surface area (Å²) in [5, 5.41) is 12.5. The van der Waals surface area contributed by atoms with Crippen LogP contribution in [0, 0.1) is 5.92 Å². The fourth-order valence-electron chi connectivity index (χ4n) is 2.68. The van der Waals surface area contributed by atoms with E-state index in [0.29, 0.717) is 17.5 Å². The monoisotopic (exact) mass is 296 g/mol. The molecule has 1 heterocycles. The van der Waals surface area contributed by atoms with Crippen LogP contribution in [-0.2, 0) is 4.79 Å². The highest BCUT2D eigenvalue weighted by Gasteiger charge is 2.21. The maximum absolute atomic E-state index is 12.0. The molecule has 20 heavy (non-hydrogen) atoms. The van der Waals surface area contributed by atoms with Crippen molar-refractivity contribution in [2.75, 3.05) is 31.6 Å². The fourth-order valence-corrected chi connectivity index (χ4v) is 2.87. The molecule has 1 aliphatic rings. The Balaban J connectivity index is 1.82. The number of likely N-dealkylation sites (tertiary alicyclic amines) is 1. The summed E-state index contributed by atoms with van der Waals surface area (Å²) >= 11 is 5.89. The van der Waals surface area contributed by atoms with Gasteiger partial charge in [0.25, 0.3) is 0 Å². The fraction of sp³-hybridized carbons (Fsp3) is 0.533. The van der Waals surface area contributed by atoms with Crippen LogP contribution in [0.2, 0.25) is 5.02 Å². The number of nitrogens with one attached hydrogen (secondary N) is 1. The van der Waals surface area contributed by atoms with Crippen LogP contribution in [0.4, 0.5) is 5.69 Å². The molecule has 0 aromatic heterocycles. The van der Waals surface area contributed by atoms with Gasteiger partial charge in [-0.2, -0.15) is 0 Å². The van der Waals surface area contributed by atoms with E-state index < -0.39 is 0 Å². The maximum atomic E-state index is 12.0. The Morgan fingerprint density at radius 3 is 3.10 bits per heavy atom. The highest BCUT2D eigenvalue weighted by molar-refractivity contribution is 6.30. The van der Waals surface area contributed by atoms with Gasteiger partial charge in [0.05, 0.1) is 6.54 Å². The summed E-state index contributed by atoms with van der Waals surface area (Å²) in [6.07, 6.45) is 3.06. The van der Waals surface area contributed by atoms with Gasteiger partial charge >= 0.3 is 0 Å². The third kappa shape index (κ3) is 4.78. The first kappa shape index (κ1) is 15.3. The number of aliphatic hydroxyl groups excluding tert-OH is 1. The lowest BCUT2D eigenvalue weighted by molar-refractivity contribution is -0.117. The van der Waals surface area contributed by atoms with Crippen LogP contribution >= 0.6 is 11.6 Å². The summed E-state index contributed by atoms with van der Waals surface area (Å²) in [7, 11) is 0. The zero-order valence-electron chi connectivity index (χ0n) is 11.5. The van der Waals surface area contributed by atoms with Crippen LogP contribution in [0.25, 0.3) is 0 Å². The average Bonchev–Trinajstić information content (AvgIpc) is 2.39. The molecule has 0 aliphatic carbocycles. The molecular weight excluding hydrogens is 276 g/mol. The van der Waals surface area contributed by atoms with Crippen LogP contribution in [0.5, 0.6) is 0 Å². The number of benzene rings is 1. The summed E-state index contributed by atoms with van der Waals surface area (Å²) in [6, 6.07) is 7.16. The molecule has 1 aromatic rings. The summed E-state index contributed by atoms with van der Waals surface area (Å²) in [4.78, 5) is 14.2. The highest BCUT2D eigenvalue weighted by atomic mass is 35.5. The van der Waals surface area contributed by atoms with Gasteiger partial charge in [-0.1, -0.05) is 17.7 Å². The highest BCUT2D eigenvalue weighted by Crippen LogP contribution is 2.19. The molecule has 0 saturated carbocycles. The molecule has 110 valence electrons. The number of carbonyl (C=O) groups is 1. The Morgan fingerprint density at radius 2 is 2.35 bits per heavy atom. The zero-order chi connectivity index (χ0) is 14.4. The third-order valence-electron chi connectivity index (χ3n) is 3.62. The van der Waals surface area contributed by atoms with E-state index in [9.17, 15) is 4.79 Å². The van der Waals surface area contributed by atoms with Crippen molar-refractivity contribution in [3.8, 4) is 0 Å². The van der Waals surface area contributed by atoms with Crippen LogP contribution in [0.1, 0.15) is 19.3 Å². The number of nitrogens with zero attached hydrogens (tertiary/aromatic N) is 1. The first-order valence-electron chi connectivity index (χ1n) is 7.06. The molecule has 2 rings (SSSR count). The van der Waals surface area contributed by atoms with Crippen molar-refractivity contribution in [2.24, 2.45) is 5.92 Å². The number of halogens is 1. The lowest BCUT2D eigenvalue weighted by atomic mass is 9.95. The molecular formula is C15H21ClN2O2. The van der Waals surface area contributed by atoms with Crippen molar-refractivity contribution in [1.82, 2.24) is 4.90 Å². The average molecular weight is 297 g/mol. The van der Waals surface area contributed by atoms with Gasteiger partial charge in [0.15, 0.2) is 0 Å². The number of rotatable bonds is 5. The van der Waals surface area contributed by atoms with E-state index >= 15 is 0 Å². The van der Waals surface area contributed by atoms with Crippen molar-refractivity contribution in [3.63, 3.8) is 0 Å². The minimum absolute atomic E-state index is 0.0167. The molecule has 0 radical (unpaired) electrons. The number of hydrogen-bond donors (Lipinski definition) is 2. The second kappa shape index (κ2) is 7.62. The van der Waals surface area contributed by atoms with E-state index in [4.69, 9.17) is 16.7 Å². The number of hydrogen-bond acceptors (Lipinski definition) is 3. The number of aliphatic hydroxyl groups is 1. The first-order valence-corrected chi connectivity index (χ1v) is 7.44. The predicted molar refractivity (Wildman–Crippen MR) is 80.9 cm³/mol. The van der Waals surface area contributed by atoms with Gasteiger partial charge in [0.1, 0.15) is 0 Å². The molecule has 5 heteroatoms. The van der Waals surface area contributed by atoms with Gasteiger partial charge in [-0.3, -0.25) is 9.69 Å². The van der Waals surface area contributed by atoms with Gasteiger partial charge in [0, 0.05) is 23.9 Å². The largest absolute Gasteiger partial charge is 0.396 e. The quantitative estimate of drug-likeness (QED) is 0.877. The standard InChI is InChI=1S/C15H21ClN2O2/c16-13-4-1-5-14(9-13)17-15(20)11-18-7-2-3-12(10-18)6-8-19/h1,4-5,9,12,19H,2-3,6-8,10-11H2,(H,17,20). The molecule has 1 aliphatic heterocycles. The first-order chi connectivity index (χ1) is 9.67. The van der Waals surface area contributed by atoms with E-state index in [2.05, 4.69) is 10.2 Å². The minimum atomic E-state index is -0.0167. The summed E-state index contributed by atoms with van der Waals surface area (Å²) in [5.74, 6) is 0.490. The van der Waals surface area contributed by atoms with Crippen molar-refractivity contribution in [2.45, 2.75) is 19.3 Å². The number of piperidine rings is 1. The van der Waals surface area contributed by atoms with E-state index in [1.807, 2.05) is 12.1 Å². The number of carbonyl (C=O) groups excluding carboxylic acids is 1. The molecule has 1 unspecified atom stereocenters. The molecule has 1 saturated heterocycles. The minimum Gasteiger partial charge on any atom is -0.396 e.